The Balaban J connectivity index is 0.000000144. The van der Waals surface area contributed by atoms with Crippen LogP contribution in [-0.4, -0.2) is 66.1 Å². The average molecular weight is 1540 g/mol. The van der Waals surface area contributed by atoms with E-state index in [1.54, 1.807) is 42.5 Å². The molecule has 20 heteroatoms. The van der Waals surface area contributed by atoms with Crippen molar-refractivity contribution in [1.29, 1.82) is 26.3 Å². The minimum Gasteiger partial charge on any atom is -0.353 e. The Hall–Kier alpha value is -14.9. The summed E-state index contributed by atoms with van der Waals surface area (Å²) in [7, 11) is 9.89. The molecule has 5 aliphatic rings. The number of hydrogen-bond donors (Lipinski definition) is 0. The van der Waals surface area contributed by atoms with Crippen molar-refractivity contribution >= 4 is 114 Å². The van der Waals surface area contributed by atoms with Crippen molar-refractivity contribution in [1.82, 2.24) is 0 Å². The Morgan fingerprint density at radius 1 is 0.256 bits per heavy atom. The molecule has 10 aromatic carbocycles. The number of benzene rings is 10. The maximum absolute atomic E-state index is 9.54. The lowest BCUT2D eigenvalue weighted by Crippen LogP contribution is -2.36. The van der Waals surface area contributed by atoms with Crippen LogP contribution in [0.2, 0.25) is 0 Å². The third kappa shape index (κ3) is 14.2. The predicted octanol–water partition coefficient (Wildman–Crippen LogP) is 23.9. The zero-order valence-electron chi connectivity index (χ0n) is 70.6. The van der Waals surface area contributed by atoms with E-state index in [0.29, 0.717) is 56.3 Å². The second-order valence-corrected chi connectivity index (χ2v) is 30.5. The Bertz CT molecular complexity index is 6170. The fraction of sp³-hybridized carbons (Fsp3) is 0.278. The van der Waals surface area contributed by atoms with E-state index in [-0.39, 0.29) is 30.8 Å². The molecule has 10 aromatic rings. The Morgan fingerprint density at radius 3 is 0.991 bits per heavy atom. The Kier molecular flexibility index (Phi) is 23.7. The van der Waals surface area contributed by atoms with Gasteiger partial charge in [0.2, 0.25) is 28.4 Å². The first kappa shape index (κ1) is 83.0. The molecule has 0 aromatic heterocycles. The maximum Gasteiger partial charge on any atom is 0.212 e. The lowest BCUT2D eigenvalue weighted by atomic mass is 9.97. The van der Waals surface area contributed by atoms with Gasteiger partial charge in [-0.25, -0.2) is 24.2 Å². The fourth-order valence-electron chi connectivity index (χ4n) is 16.9. The molecule has 0 spiro atoms. The Labute approximate surface area is 690 Å². The van der Waals surface area contributed by atoms with Gasteiger partial charge in [0.1, 0.15) is 43.0 Å². The summed E-state index contributed by atoms with van der Waals surface area (Å²) in [4.78, 5) is 39.4. The maximum atomic E-state index is 9.54. The van der Waals surface area contributed by atoms with Gasteiger partial charge in [-0.15, -0.1) is 0 Å². The van der Waals surface area contributed by atoms with Crippen LogP contribution in [0.3, 0.4) is 0 Å². The summed E-state index contributed by atoms with van der Waals surface area (Å²) < 4.78 is 0. The van der Waals surface area contributed by atoms with Crippen LogP contribution in [0, 0.1) is 173 Å². The number of nitriles is 5. The zero-order chi connectivity index (χ0) is 85.4. The van der Waals surface area contributed by atoms with Gasteiger partial charge in [-0.3, -0.25) is 0 Å². The molecule has 0 fully saturated rings. The lowest BCUT2D eigenvalue weighted by Gasteiger charge is -2.32. The van der Waals surface area contributed by atoms with Crippen LogP contribution < -0.4 is 49.0 Å². The highest BCUT2D eigenvalue weighted by atomic mass is 15.4. The number of para-hydroxylation sites is 1. The van der Waals surface area contributed by atoms with Crippen LogP contribution in [0.1, 0.15) is 129 Å². The molecule has 5 atom stereocenters. The normalized spacial score (nSPS) is 15.9. The lowest BCUT2D eigenvalue weighted by molar-refractivity contribution is 0.730. The third-order valence-electron chi connectivity index (χ3n) is 23.8. The molecular weight excluding hydrogens is 1450 g/mol. The standard InChI is InChI=1S/C21H22N4.C20H20N4.2C19H18N4.C18H16N4/c1-12-10-13(2)19(15(4)14(12)3)25-16(5)24(7)20-17(11-22)8-9-18(23-6)21(20)25;1-12-7-8-13(2)18(14(12)3)24-15(4)23(6)19-16(11-21)9-10-17(22-5)20(19)24;1-12-6-8-17(13(2)10-12)23-14(3)22(5)19-15(11-20)16(21-4)7-9-18(19)23;1-12-6-7-13(2)18(10-12)23-14(3)22(5)19-15(11-20)16(21-4)8-9-17(19)23;1-12-7-5-6-8-16(12)22-13(2)21(4)18-14(11-19)15(20-3)9-10-17(18)22/h8-10,16H,1-5,7H3;7-10,15H,1-4,6H3;2*6-10,14H,1-3,5H3;5-10,13H,1-2,4H3/t16-;15-;2*14-;13-/m00000/s1. The second-order valence-electron chi connectivity index (χ2n) is 30.5. The molecule has 5 aliphatic heterocycles. The van der Waals surface area contributed by atoms with Gasteiger partial charge in [0.25, 0.3) is 0 Å². The van der Waals surface area contributed by atoms with Crippen molar-refractivity contribution in [3.8, 4) is 30.3 Å². The van der Waals surface area contributed by atoms with E-state index in [2.05, 4.69) is 288 Å². The summed E-state index contributed by atoms with van der Waals surface area (Å²) in [6, 6.07) is 56.7. The van der Waals surface area contributed by atoms with E-state index in [4.69, 9.17) is 32.9 Å². The van der Waals surface area contributed by atoms with E-state index in [1.165, 1.54) is 66.8 Å². The second kappa shape index (κ2) is 33.4. The largest absolute Gasteiger partial charge is 0.353 e. The van der Waals surface area contributed by atoms with Gasteiger partial charge in [0, 0.05) is 63.7 Å². The number of rotatable bonds is 5. The smallest absolute Gasteiger partial charge is 0.212 e. The molecule has 117 heavy (non-hydrogen) atoms. The topological polar surface area (TPSA) is 173 Å². The summed E-state index contributed by atoms with van der Waals surface area (Å²) in [6.45, 7) is 72.8. The van der Waals surface area contributed by atoms with Gasteiger partial charge in [-0.05, 0) is 215 Å². The minimum absolute atomic E-state index is 0.0320. The van der Waals surface area contributed by atoms with Crippen molar-refractivity contribution in [3.63, 3.8) is 0 Å². The average Bonchev–Trinajstić information content (AvgIpc) is 1.62. The van der Waals surface area contributed by atoms with Crippen molar-refractivity contribution in [3.05, 3.63) is 291 Å². The monoisotopic (exact) mass is 1540 g/mol. The van der Waals surface area contributed by atoms with Crippen molar-refractivity contribution in [2.24, 2.45) is 0 Å². The van der Waals surface area contributed by atoms with Crippen LogP contribution in [0.4, 0.5) is 114 Å². The number of fused-ring (bicyclic) bond motifs is 5. The number of hydrogen-bond acceptors (Lipinski definition) is 15. The molecule has 20 nitrogen and oxygen atoms in total. The van der Waals surface area contributed by atoms with E-state index >= 15 is 0 Å². The molecule has 0 N–H and O–H groups in total. The van der Waals surface area contributed by atoms with Gasteiger partial charge < -0.3 is 49.0 Å². The molecule has 582 valence electrons. The van der Waals surface area contributed by atoms with E-state index < -0.39 is 0 Å². The molecule has 15 rings (SSSR count). The molecule has 0 saturated heterocycles. The first-order chi connectivity index (χ1) is 55.8. The highest BCUT2D eigenvalue weighted by molar-refractivity contribution is 6.00. The molecule has 0 saturated carbocycles. The summed E-state index contributed by atoms with van der Waals surface area (Å²) in [5, 5.41) is 47.6. The molecular formula is C97H94N20. The summed E-state index contributed by atoms with van der Waals surface area (Å²) >= 11 is 0. The van der Waals surface area contributed by atoms with Gasteiger partial charge in [-0.2, -0.15) is 26.3 Å². The first-order valence-electron chi connectivity index (χ1n) is 38.5. The molecule has 0 unspecified atom stereocenters. The summed E-state index contributed by atoms with van der Waals surface area (Å²) in [5.74, 6) is 0. The van der Waals surface area contributed by atoms with E-state index in [1.807, 2.05) is 65.6 Å². The van der Waals surface area contributed by atoms with Crippen LogP contribution in [-0.2, 0) is 0 Å². The van der Waals surface area contributed by atoms with Gasteiger partial charge >= 0.3 is 0 Å². The van der Waals surface area contributed by atoms with Crippen LogP contribution >= 0.6 is 0 Å². The van der Waals surface area contributed by atoms with Gasteiger partial charge in [0.05, 0.1) is 136 Å². The molecule has 5 heterocycles. The summed E-state index contributed by atoms with van der Waals surface area (Å²) in [5.41, 5.74) is 34.1. The van der Waals surface area contributed by atoms with E-state index in [0.717, 1.165) is 85.3 Å². The zero-order valence-corrected chi connectivity index (χ0v) is 70.6. The first-order valence-corrected chi connectivity index (χ1v) is 38.5. The van der Waals surface area contributed by atoms with Gasteiger partial charge in [0.15, 0.2) is 0 Å². The van der Waals surface area contributed by atoms with Crippen LogP contribution in [0.5, 0.6) is 0 Å². The van der Waals surface area contributed by atoms with Crippen LogP contribution in [0.15, 0.2) is 140 Å². The van der Waals surface area contributed by atoms with Crippen molar-refractivity contribution < 1.29 is 0 Å². The summed E-state index contributed by atoms with van der Waals surface area (Å²) in [6.07, 6.45) is 0.320. The molecule has 0 bridgehead atoms. The van der Waals surface area contributed by atoms with E-state index in [9.17, 15) is 26.3 Å². The highest BCUT2D eigenvalue weighted by Gasteiger charge is 2.42. The quantitative estimate of drug-likeness (QED) is 0.149. The Morgan fingerprint density at radius 2 is 0.590 bits per heavy atom. The number of nitrogens with zero attached hydrogens (tertiary/aromatic N) is 20. The highest BCUT2D eigenvalue weighted by Crippen LogP contribution is 2.56. The van der Waals surface area contributed by atoms with Crippen molar-refractivity contribution in [2.75, 3.05) is 84.2 Å². The van der Waals surface area contributed by atoms with Gasteiger partial charge in [-0.1, -0.05) is 109 Å². The minimum atomic E-state index is 0.0320. The van der Waals surface area contributed by atoms with Crippen molar-refractivity contribution in [2.45, 2.75) is 149 Å². The molecule has 0 radical (unpaired) electrons. The number of aryl methyl sites for hydroxylation is 9. The molecule has 0 amide bonds. The van der Waals surface area contributed by atoms with Crippen LogP contribution in [0.25, 0.3) is 24.2 Å². The number of anilines is 15. The fourth-order valence-corrected chi connectivity index (χ4v) is 16.9. The predicted molar refractivity (Wildman–Crippen MR) is 476 cm³/mol. The SMILES string of the molecule is [C-]#[N+]c1ccc(C#N)c2c1N(c1c(C)cc(C)c(C)c1C)[C@@H](C)N2C.[C-]#[N+]c1ccc(C#N)c2c1N(c1c(C)ccc(C)c1C)[C@@H](C)N2C.[C-]#[N+]c1ccc2c(c1C#N)N(C)[C@H](C)N2c1cc(C)ccc1C.[C-]#[N+]c1ccc2c(c1C#N)N(C)[C@H](C)N2c1ccc(C)cc1C.[C-]#[N+]c1ccc2c(c1C#N)N(C)[C@H](C)N2c1ccccc1C. The molecule has 0 aliphatic carbocycles. The third-order valence-corrected chi connectivity index (χ3v) is 23.8.